The SMILES string of the molecule is CC(c1cccc2ccccc12)N1CCC(C(=O)NCc2cccc(F)c2)C1. The molecule has 1 heterocycles. The van der Waals surface area contributed by atoms with Crippen molar-refractivity contribution < 1.29 is 9.18 Å². The van der Waals surface area contributed by atoms with Gasteiger partial charge in [0.15, 0.2) is 0 Å². The van der Waals surface area contributed by atoms with Crippen LogP contribution < -0.4 is 5.32 Å². The molecule has 0 aliphatic carbocycles. The fourth-order valence-corrected chi connectivity index (χ4v) is 4.14. The molecule has 1 N–H and O–H groups in total. The highest BCUT2D eigenvalue weighted by Crippen LogP contribution is 2.31. The van der Waals surface area contributed by atoms with E-state index in [4.69, 9.17) is 0 Å². The van der Waals surface area contributed by atoms with Gasteiger partial charge in [-0.25, -0.2) is 4.39 Å². The summed E-state index contributed by atoms with van der Waals surface area (Å²) in [6, 6.07) is 21.5. The first-order valence-electron chi connectivity index (χ1n) is 9.85. The maximum Gasteiger partial charge on any atom is 0.224 e. The number of rotatable bonds is 5. The van der Waals surface area contributed by atoms with Crippen LogP contribution in [0.1, 0.15) is 30.5 Å². The van der Waals surface area contributed by atoms with Crippen molar-refractivity contribution in [3.63, 3.8) is 0 Å². The predicted molar refractivity (Wildman–Crippen MR) is 110 cm³/mol. The summed E-state index contributed by atoms with van der Waals surface area (Å²) in [5.41, 5.74) is 2.09. The molecule has 1 aliphatic heterocycles. The third-order valence-electron chi connectivity index (χ3n) is 5.77. The van der Waals surface area contributed by atoms with Crippen molar-refractivity contribution in [2.24, 2.45) is 5.92 Å². The van der Waals surface area contributed by atoms with E-state index in [1.165, 1.54) is 28.5 Å². The van der Waals surface area contributed by atoms with Crippen LogP contribution in [0.15, 0.2) is 66.7 Å². The molecular weight excluding hydrogens is 351 g/mol. The zero-order chi connectivity index (χ0) is 19.5. The number of carbonyl (C=O) groups excluding carboxylic acids is 1. The van der Waals surface area contributed by atoms with Gasteiger partial charge in [-0.1, -0.05) is 54.6 Å². The normalized spacial score (nSPS) is 18.3. The minimum atomic E-state index is -0.275. The third kappa shape index (κ3) is 3.92. The Hall–Kier alpha value is -2.72. The van der Waals surface area contributed by atoms with Gasteiger partial charge in [0.2, 0.25) is 5.91 Å². The van der Waals surface area contributed by atoms with Crippen LogP contribution in [0.5, 0.6) is 0 Å². The highest BCUT2D eigenvalue weighted by molar-refractivity contribution is 5.86. The van der Waals surface area contributed by atoms with Crippen LogP contribution in [-0.4, -0.2) is 23.9 Å². The van der Waals surface area contributed by atoms with E-state index in [0.29, 0.717) is 6.54 Å². The lowest BCUT2D eigenvalue weighted by atomic mass is 9.99. The van der Waals surface area contributed by atoms with Crippen LogP contribution >= 0.6 is 0 Å². The minimum absolute atomic E-state index is 0.0222. The largest absolute Gasteiger partial charge is 0.352 e. The molecule has 28 heavy (non-hydrogen) atoms. The molecule has 3 aromatic carbocycles. The van der Waals surface area contributed by atoms with Crippen LogP contribution in [0.2, 0.25) is 0 Å². The van der Waals surface area contributed by atoms with Crippen molar-refractivity contribution in [3.8, 4) is 0 Å². The Bertz CT molecular complexity index is 982. The van der Waals surface area contributed by atoms with Crippen molar-refractivity contribution in [3.05, 3.63) is 83.7 Å². The van der Waals surface area contributed by atoms with Crippen LogP contribution in [0.25, 0.3) is 10.8 Å². The van der Waals surface area contributed by atoms with E-state index in [1.807, 2.05) is 6.07 Å². The van der Waals surface area contributed by atoms with Gasteiger partial charge in [-0.3, -0.25) is 9.69 Å². The minimum Gasteiger partial charge on any atom is -0.352 e. The molecule has 1 amide bonds. The van der Waals surface area contributed by atoms with Gasteiger partial charge in [-0.15, -0.1) is 0 Å². The summed E-state index contributed by atoms with van der Waals surface area (Å²) in [6.07, 6.45) is 0.851. The van der Waals surface area contributed by atoms with Crippen LogP contribution in [0, 0.1) is 11.7 Å². The van der Waals surface area contributed by atoms with Gasteiger partial charge in [0, 0.05) is 19.1 Å². The maximum atomic E-state index is 13.3. The number of nitrogens with zero attached hydrogens (tertiary/aromatic N) is 1. The van der Waals surface area contributed by atoms with E-state index in [9.17, 15) is 9.18 Å². The highest BCUT2D eigenvalue weighted by Gasteiger charge is 2.31. The molecule has 4 rings (SSSR count). The lowest BCUT2D eigenvalue weighted by Crippen LogP contribution is -2.33. The van der Waals surface area contributed by atoms with Crippen molar-refractivity contribution >= 4 is 16.7 Å². The first-order chi connectivity index (χ1) is 13.6. The third-order valence-corrected chi connectivity index (χ3v) is 5.77. The van der Waals surface area contributed by atoms with Crippen LogP contribution in [-0.2, 0) is 11.3 Å². The number of likely N-dealkylation sites (tertiary alicyclic amines) is 1. The quantitative estimate of drug-likeness (QED) is 0.701. The average Bonchev–Trinajstić information content (AvgIpc) is 3.21. The van der Waals surface area contributed by atoms with Crippen LogP contribution in [0.3, 0.4) is 0 Å². The molecular formula is C24H25FN2O. The topological polar surface area (TPSA) is 32.3 Å². The summed E-state index contributed by atoms with van der Waals surface area (Å²) in [7, 11) is 0. The molecule has 0 bridgehead atoms. The summed E-state index contributed by atoms with van der Waals surface area (Å²) >= 11 is 0. The Kier molecular flexibility index (Phi) is 5.40. The molecule has 1 saturated heterocycles. The lowest BCUT2D eigenvalue weighted by Gasteiger charge is -2.26. The lowest BCUT2D eigenvalue weighted by molar-refractivity contribution is -0.124. The monoisotopic (exact) mass is 376 g/mol. The number of hydrogen-bond donors (Lipinski definition) is 1. The van der Waals surface area contributed by atoms with E-state index < -0.39 is 0 Å². The fourth-order valence-electron chi connectivity index (χ4n) is 4.14. The van der Waals surface area contributed by atoms with E-state index in [2.05, 4.69) is 59.6 Å². The summed E-state index contributed by atoms with van der Waals surface area (Å²) in [5.74, 6) is -0.245. The zero-order valence-electron chi connectivity index (χ0n) is 16.1. The smallest absolute Gasteiger partial charge is 0.224 e. The van der Waals surface area contributed by atoms with Crippen molar-refractivity contribution in [2.45, 2.75) is 25.9 Å². The van der Waals surface area contributed by atoms with E-state index in [1.54, 1.807) is 6.07 Å². The molecule has 3 nitrogen and oxygen atoms in total. The van der Waals surface area contributed by atoms with E-state index >= 15 is 0 Å². The first-order valence-corrected chi connectivity index (χ1v) is 9.85. The van der Waals surface area contributed by atoms with Gasteiger partial charge in [0.25, 0.3) is 0 Å². The molecule has 2 atom stereocenters. The van der Waals surface area contributed by atoms with E-state index in [0.717, 1.165) is 25.1 Å². The summed E-state index contributed by atoms with van der Waals surface area (Å²) < 4.78 is 13.3. The van der Waals surface area contributed by atoms with Gasteiger partial charge < -0.3 is 5.32 Å². The number of carbonyl (C=O) groups is 1. The highest BCUT2D eigenvalue weighted by atomic mass is 19.1. The second kappa shape index (κ2) is 8.11. The molecule has 0 radical (unpaired) electrons. The second-order valence-corrected chi connectivity index (χ2v) is 7.57. The Morgan fingerprint density at radius 3 is 2.79 bits per heavy atom. The van der Waals surface area contributed by atoms with Crippen molar-refractivity contribution in [1.82, 2.24) is 10.2 Å². The predicted octanol–water partition coefficient (Wildman–Crippen LogP) is 4.68. The van der Waals surface area contributed by atoms with Crippen LogP contribution in [0.4, 0.5) is 4.39 Å². The molecule has 0 spiro atoms. The van der Waals surface area contributed by atoms with Crippen molar-refractivity contribution in [1.29, 1.82) is 0 Å². The number of amides is 1. The number of hydrogen-bond acceptors (Lipinski definition) is 2. The summed E-state index contributed by atoms with van der Waals surface area (Å²) in [4.78, 5) is 15.0. The van der Waals surface area contributed by atoms with Gasteiger partial charge in [-0.2, -0.15) is 0 Å². The van der Waals surface area contributed by atoms with Gasteiger partial charge in [-0.05, 0) is 53.9 Å². The molecule has 0 saturated carbocycles. The first kappa shape index (κ1) is 18.6. The second-order valence-electron chi connectivity index (χ2n) is 7.57. The molecule has 144 valence electrons. The molecule has 2 unspecified atom stereocenters. The molecule has 3 aromatic rings. The number of nitrogens with one attached hydrogen (secondary N) is 1. The zero-order valence-corrected chi connectivity index (χ0v) is 16.1. The molecule has 1 aliphatic rings. The Morgan fingerprint density at radius 2 is 1.93 bits per heavy atom. The van der Waals surface area contributed by atoms with Gasteiger partial charge >= 0.3 is 0 Å². The van der Waals surface area contributed by atoms with Crippen molar-refractivity contribution in [2.75, 3.05) is 13.1 Å². The maximum absolute atomic E-state index is 13.3. The number of benzene rings is 3. The molecule has 4 heteroatoms. The molecule has 0 aromatic heterocycles. The van der Waals surface area contributed by atoms with E-state index in [-0.39, 0.29) is 23.7 Å². The summed E-state index contributed by atoms with van der Waals surface area (Å²) in [6.45, 7) is 4.24. The number of fused-ring (bicyclic) bond motifs is 1. The van der Waals surface area contributed by atoms with Gasteiger partial charge in [0.05, 0.1) is 5.92 Å². The van der Waals surface area contributed by atoms with Gasteiger partial charge in [0.1, 0.15) is 5.82 Å². The molecule has 1 fully saturated rings. The fraction of sp³-hybridized carbons (Fsp3) is 0.292. The average molecular weight is 376 g/mol. The Labute approximate surface area is 165 Å². The summed E-state index contributed by atoms with van der Waals surface area (Å²) in [5, 5.41) is 5.49. The Morgan fingerprint density at radius 1 is 1.14 bits per heavy atom. The number of halogens is 1. The Balaban J connectivity index is 1.40. The standard InChI is InChI=1S/C24H25FN2O/c1-17(22-11-5-8-19-7-2-3-10-23(19)22)27-13-12-20(16-27)24(28)26-15-18-6-4-9-21(25)14-18/h2-11,14,17,20H,12-13,15-16H2,1H3,(H,26,28).